The van der Waals surface area contributed by atoms with Crippen molar-refractivity contribution in [1.29, 1.82) is 0 Å². The molecule has 0 saturated heterocycles. The van der Waals surface area contributed by atoms with Crippen molar-refractivity contribution in [2.24, 2.45) is 0 Å². The molecular weight excluding hydrogens is 568 g/mol. The standard InChI is InChI=1S/C38H78O7/c1-9-17-21-23-25-27-29-35(37(42-13-5,43-14-6)31-19-11-3)40-33-39-34-41-36(30-28-26-24-22-18-10-2)38(44-15-7,45-16-8)32-20-12-4/h35-36H,9-34H2,1-8H3. The highest BCUT2D eigenvalue weighted by Crippen LogP contribution is 2.33. The lowest BCUT2D eigenvalue weighted by atomic mass is 9.96. The summed E-state index contributed by atoms with van der Waals surface area (Å²) < 4.78 is 44.5. The molecule has 272 valence electrons. The highest BCUT2D eigenvalue weighted by Gasteiger charge is 2.42. The summed E-state index contributed by atoms with van der Waals surface area (Å²) >= 11 is 0. The third-order valence-electron chi connectivity index (χ3n) is 8.64. The molecule has 45 heavy (non-hydrogen) atoms. The summed E-state index contributed by atoms with van der Waals surface area (Å²) in [5.74, 6) is -1.51. The lowest BCUT2D eigenvalue weighted by Gasteiger charge is -2.40. The van der Waals surface area contributed by atoms with Crippen LogP contribution < -0.4 is 0 Å². The predicted molar refractivity (Wildman–Crippen MR) is 188 cm³/mol. The molecule has 0 aliphatic heterocycles. The van der Waals surface area contributed by atoms with Gasteiger partial charge in [0, 0.05) is 39.3 Å². The molecule has 2 atom stereocenters. The van der Waals surface area contributed by atoms with Gasteiger partial charge in [-0.05, 0) is 53.4 Å². The molecule has 7 nitrogen and oxygen atoms in total. The molecule has 7 heteroatoms. The van der Waals surface area contributed by atoms with E-state index in [0.717, 1.165) is 64.2 Å². The maximum absolute atomic E-state index is 6.49. The maximum Gasteiger partial charge on any atom is 0.194 e. The molecular formula is C38H78O7. The van der Waals surface area contributed by atoms with Gasteiger partial charge in [-0.15, -0.1) is 0 Å². The molecule has 0 N–H and O–H groups in total. The molecule has 2 unspecified atom stereocenters. The monoisotopic (exact) mass is 647 g/mol. The molecule has 0 spiro atoms. The van der Waals surface area contributed by atoms with Gasteiger partial charge in [0.15, 0.2) is 11.6 Å². The van der Waals surface area contributed by atoms with Gasteiger partial charge in [-0.2, -0.15) is 0 Å². The van der Waals surface area contributed by atoms with Gasteiger partial charge in [-0.1, -0.05) is 118 Å². The van der Waals surface area contributed by atoms with Crippen LogP contribution in [0.2, 0.25) is 0 Å². The number of ether oxygens (including phenoxy) is 7. The Balaban J connectivity index is 5.56. The second-order valence-electron chi connectivity index (χ2n) is 12.4. The van der Waals surface area contributed by atoms with Crippen LogP contribution in [0.15, 0.2) is 0 Å². The third kappa shape index (κ3) is 20.0. The number of hydrogen-bond donors (Lipinski definition) is 0. The van der Waals surface area contributed by atoms with Crippen molar-refractivity contribution in [3.8, 4) is 0 Å². The van der Waals surface area contributed by atoms with Crippen LogP contribution in [0.3, 0.4) is 0 Å². The zero-order valence-electron chi connectivity index (χ0n) is 31.4. The van der Waals surface area contributed by atoms with Crippen molar-refractivity contribution in [3.63, 3.8) is 0 Å². The van der Waals surface area contributed by atoms with E-state index in [1.807, 2.05) is 27.7 Å². The lowest BCUT2D eigenvalue weighted by molar-refractivity contribution is -0.322. The normalized spacial score (nSPS) is 13.9. The number of hydrogen-bond acceptors (Lipinski definition) is 7. The van der Waals surface area contributed by atoms with Crippen molar-refractivity contribution in [2.45, 2.75) is 208 Å². The Kier molecular flexibility index (Phi) is 30.8. The smallest absolute Gasteiger partial charge is 0.194 e. The minimum atomic E-state index is -0.757. The molecule has 0 fully saturated rings. The van der Waals surface area contributed by atoms with Crippen molar-refractivity contribution < 1.29 is 33.2 Å². The SMILES string of the molecule is CCCCCCCCC(OCOCOC(CCCCCCCC)C(CCCC)(OCC)OCC)C(CCCC)(OCC)OCC. The van der Waals surface area contributed by atoms with E-state index in [1.54, 1.807) is 0 Å². The van der Waals surface area contributed by atoms with E-state index in [1.165, 1.54) is 64.2 Å². The van der Waals surface area contributed by atoms with Crippen LogP contribution in [0, 0.1) is 0 Å². The van der Waals surface area contributed by atoms with E-state index < -0.39 is 11.6 Å². The summed E-state index contributed by atoms with van der Waals surface area (Å²) in [6, 6.07) is 0. The highest BCUT2D eigenvalue weighted by atomic mass is 16.8. The van der Waals surface area contributed by atoms with Crippen molar-refractivity contribution in [1.82, 2.24) is 0 Å². The zero-order chi connectivity index (χ0) is 33.5. The number of unbranched alkanes of at least 4 members (excludes halogenated alkanes) is 12. The second kappa shape index (κ2) is 31.0. The Morgan fingerprint density at radius 2 is 0.689 bits per heavy atom. The molecule has 0 heterocycles. The van der Waals surface area contributed by atoms with E-state index in [2.05, 4.69) is 27.7 Å². The molecule has 0 aliphatic carbocycles. The number of rotatable bonds is 36. The minimum Gasteiger partial charge on any atom is -0.348 e. The largest absolute Gasteiger partial charge is 0.348 e. The summed E-state index contributed by atoms with van der Waals surface area (Å²) in [6.45, 7) is 19.7. The van der Waals surface area contributed by atoms with Crippen LogP contribution in [0.1, 0.15) is 184 Å². The van der Waals surface area contributed by atoms with Crippen LogP contribution in [0.25, 0.3) is 0 Å². The molecule has 0 bridgehead atoms. The molecule has 0 amide bonds. The quantitative estimate of drug-likeness (QED) is 0.0495. The molecule has 0 rings (SSSR count). The van der Waals surface area contributed by atoms with E-state index in [-0.39, 0.29) is 25.8 Å². The fourth-order valence-corrected chi connectivity index (χ4v) is 6.26. The fourth-order valence-electron chi connectivity index (χ4n) is 6.26. The third-order valence-corrected chi connectivity index (χ3v) is 8.64. The van der Waals surface area contributed by atoms with Gasteiger partial charge in [0.1, 0.15) is 25.8 Å². The molecule has 0 aromatic rings. The summed E-state index contributed by atoms with van der Waals surface area (Å²) in [6.07, 6.45) is 22.0. The maximum atomic E-state index is 6.49. The van der Waals surface area contributed by atoms with Crippen molar-refractivity contribution >= 4 is 0 Å². The molecule has 0 saturated carbocycles. The van der Waals surface area contributed by atoms with Gasteiger partial charge in [0.25, 0.3) is 0 Å². The molecule has 0 aliphatic rings. The Morgan fingerprint density at radius 3 is 1.00 bits per heavy atom. The molecule has 0 radical (unpaired) electrons. The van der Waals surface area contributed by atoms with E-state index >= 15 is 0 Å². The van der Waals surface area contributed by atoms with E-state index in [0.29, 0.717) is 26.4 Å². The average Bonchev–Trinajstić information content (AvgIpc) is 3.04. The van der Waals surface area contributed by atoms with E-state index in [9.17, 15) is 0 Å². The van der Waals surface area contributed by atoms with Crippen molar-refractivity contribution in [3.05, 3.63) is 0 Å². The van der Waals surface area contributed by atoms with Crippen LogP contribution in [-0.4, -0.2) is 63.8 Å². The zero-order valence-corrected chi connectivity index (χ0v) is 31.4. The lowest BCUT2D eigenvalue weighted by Crippen LogP contribution is -2.50. The highest BCUT2D eigenvalue weighted by molar-refractivity contribution is 4.83. The molecule has 0 aromatic heterocycles. The first-order valence-corrected chi connectivity index (χ1v) is 19.4. The Hall–Kier alpha value is -0.280. The topological polar surface area (TPSA) is 64.6 Å². The van der Waals surface area contributed by atoms with Gasteiger partial charge in [0.05, 0.1) is 0 Å². The first-order chi connectivity index (χ1) is 22.0. The van der Waals surface area contributed by atoms with Crippen LogP contribution in [0.5, 0.6) is 0 Å². The van der Waals surface area contributed by atoms with Gasteiger partial charge >= 0.3 is 0 Å². The fraction of sp³-hybridized carbons (Fsp3) is 1.00. The summed E-state index contributed by atoms with van der Waals surface area (Å²) in [4.78, 5) is 0. The predicted octanol–water partition coefficient (Wildman–Crippen LogP) is 11.1. The summed E-state index contributed by atoms with van der Waals surface area (Å²) in [5.41, 5.74) is 0. The minimum absolute atomic E-state index is 0.128. The Morgan fingerprint density at radius 1 is 0.378 bits per heavy atom. The van der Waals surface area contributed by atoms with Gasteiger partial charge < -0.3 is 33.2 Å². The first kappa shape index (κ1) is 44.7. The van der Waals surface area contributed by atoms with Crippen LogP contribution >= 0.6 is 0 Å². The van der Waals surface area contributed by atoms with Crippen LogP contribution in [-0.2, 0) is 33.2 Å². The first-order valence-electron chi connectivity index (χ1n) is 19.4. The Labute approximate surface area is 280 Å². The van der Waals surface area contributed by atoms with Gasteiger partial charge in [-0.3, -0.25) is 0 Å². The van der Waals surface area contributed by atoms with Gasteiger partial charge in [-0.25, -0.2) is 0 Å². The van der Waals surface area contributed by atoms with Crippen molar-refractivity contribution in [2.75, 3.05) is 40.0 Å². The Bertz CT molecular complexity index is 541. The van der Waals surface area contributed by atoms with Crippen LogP contribution in [0.4, 0.5) is 0 Å². The average molecular weight is 647 g/mol. The van der Waals surface area contributed by atoms with E-state index in [4.69, 9.17) is 33.2 Å². The second-order valence-corrected chi connectivity index (χ2v) is 12.4. The molecule has 0 aromatic carbocycles. The summed E-state index contributed by atoms with van der Waals surface area (Å²) in [7, 11) is 0. The summed E-state index contributed by atoms with van der Waals surface area (Å²) in [5, 5.41) is 0. The van der Waals surface area contributed by atoms with Gasteiger partial charge in [0.2, 0.25) is 0 Å².